The highest BCUT2D eigenvalue weighted by molar-refractivity contribution is 5.30. The summed E-state index contributed by atoms with van der Waals surface area (Å²) in [6.45, 7) is 8.20. The molecule has 0 saturated carbocycles. The molecule has 1 heterocycles. The van der Waals surface area contributed by atoms with Crippen LogP contribution < -0.4 is 10.1 Å². The van der Waals surface area contributed by atoms with E-state index in [1.165, 1.54) is 5.56 Å². The molecule has 106 valence electrons. The van der Waals surface area contributed by atoms with Gasteiger partial charge >= 0.3 is 0 Å². The molecule has 0 amide bonds. The van der Waals surface area contributed by atoms with Crippen LogP contribution in [-0.2, 0) is 6.54 Å². The van der Waals surface area contributed by atoms with Crippen LogP contribution in [0.4, 0.5) is 0 Å². The maximum absolute atomic E-state index is 5.76. The third-order valence-electron chi connectivity index (χ3n) is 2.88. The van der Waals surface area contributed by atoms with Gasteiger partial charge in [0.25, 0.3) is 0 Å². The summed E-state index contributed by atoms with van der Waals surface area (Å²) in [5, 5.41) is 3.38. The molecule has 0 fully saturated rings. The molecule has 0 unspecified atom stereocenters. The van der Waals surface area contributed by atoms with Crippen LogP contribution in [0.5, 0.6) is 11.6 Å². The van der Waals surface area contributed by atoms with Crippen molar-refractivity contribution in [2.24, 2.45) is 5.92 Å². The lowest BCUT2D eigenvalue weighted by Gasteiger charge is -2.09. The standard InChI is InChI=1S/C17H22N2O/c1-13(2)11-18-12-15-5-4-6-17(19-15)20-16-9-7-14(3)8-10-16/h4-10,13,18H,11-12H2,1-3H3. The summed E-state index contributed by atoms with van der Waals surface area (Å²) in [7, 11) is 0. The molecule has 0 saturated heterocycles. The smallest absolute Gasteiger partial charge is 0.219 e. The average molecular weight is 270 g/mol. The maximum Gasteiger partial charge on any atom is 0.219 e. The van der Waals surface area contributed by atoms with Gasteiger partial charge in [-0.1, -0.05) is 37.6 Å². The minimum absolute atomic E-state index is 0.637. The highest BCUT2D eigenvalue weighted by atomic mass is 16.5. The first kappa shape index (κ1) is 14.5. The van der Waals surface area contributed by atoms with E-state index in [-0.39, 0.29) is 0 Å². The Balaban J connectivity index is 1.96. The molecule has 0 bridgehead atoms. The van der Waals surface area contributed by atoms with Crippen LogP contribution in [0.25, 0.3) is 0 Å². The Morgan fingerprint density at radius 3 is 2.55 bits per heavy atom. The fraction of sp³-hybridized carbons (Fsp3) is 0.353. The van der Waals surface area contributed by atoms with Gasteiger partial charge in [-0.05, 0) is 37.6 Å². The zero-order chi connectivity index (χ0) is 14.4. The number of ether oxygens (including phenoxy) is 1. The maximum atomic E-state index is 5.76. The quantitative estimate of drug-likeness (QED) is 0.863. The number of pyridine rings is 1. The average Bonchev–Trinajstić information content (AvgIpc) is 2.41. The molecule has 0 spiro atoms. The molecule has 3 heteroatoms. The number of benzene rings is 1. The van der Waals surface area contributed by atoms with E-state index in [0.29, 0.717) is 11.8 Å². The summed E-state index contributed by atoms with van der Waals surface area (Å²) in [4.78, 5) is 4.50. The second-order valence-corrected chi connectivity index (χ2v) is 5.41. The number of rotatable bonds is 6. The first-order chi connectivity index (χ1) is 9.63. The van der Waals surface area contributed by atoms with E-state index in [9.17, 15) is 0 Å². The molecule has 1 aromatic carbocycles. The van der Waals surface area contributed by atoms with Gasteiger partial charge in [0.15, 0.2) is 0 Å². The Bertz CT molecular complexity index is 535. The van der Waals surface area contributed by atoms with Gasteiger partial charge in [0.05, 0.1) is 5.69 Å². The molecule has 2 rings (SSSR count). The first-order valence-electron chi connectivity index (χ1n) is 7.04. The molecule has 0 aliphatic carbocycles. The number of aromatic nitrogens is 1. The summed E-state index contributed by atoms with van der Waals surface area (Å²) in [5.74, 6) is 2.09. The molecular weight excluding hydrogens is 248 g/mol. The largest absolute Gasteiger partial charge is 0.439 e. The minimum atomic E-state index is 0.637. The number of aryl methyl sites for hydroxylation is 1. The molecule has 0 radical (unpaired) electrons. The van der Waals surface area contributed by atoms with Gasteiger partial charge in [-0.25, -0.2) is 4.98 Å². The van der Waals surface area contributed by atoms with Crippen LogP contribution in [0, 0.1) is 12.8 Å². The summed E-state index contributed by atoms with van der Waals surface area (Å²) < 4.78 is 5.76. The van der Waals surface area contributed by atoms with Gasteiger partial charge in [0, 0.05) is 12.6 Å². The van der Waals surface area contributed by atoms with Gasteiger partial charge in [0.2, 0.25) is 5.88 Å². The van der Waals surface area contributed by atoms with Gasteiger partial charge in [-0.2, -0.15) is 0 Å². The Morgan fingerprint density at radius 2 is 1.85 bits per heavy atom. The molecule has 0 aliphatic rings. The Labute approximate surface area is 121 Å². The summed E-state index contributed by atoms with van der Waals surface area (Å²) in [6.07, 6.45) is 0. The predicted molar refractivity (Wildman–Crippen MR) is 82.0 cm³/mol. The van der Waals surface area contributed by atoms with E-state index in [0.717, 1.165) is 24.5 Å². The highest BCUT2D eigenvalue weighted by Gasteiger charge is 2.01. The number of hydrogen-bond donors (Lipinski definition) is 1. The van der Waals surface area contributed by atoms with E-state index >= 15 is 0 Å². The second-order valence-electron chi connectivity index (χ2n) is 5.41. The third kappa shape index (κ3) is 4.67. The summed E-state index contributed by atoms with van der Waals surface area (Å²) in [6, 6.07) is 13.8. The van der Waals surface area contributed by atoms with Crippen molar-refractivity contribution in [2.45, 2.75) is 27.3 Å². The van der Waals surface area contributed by atoms with Crippen molar-refractivity contribution in [1.29, 1.82) is 0 Å². The normalized spacial score (nSPS) is 10.8. The summed E-state index contributed by atoms with van der Waals surface area (Å²) in [5.41, 5.74) is 2.22. The van der Waals surface area contributed by atoms with E-state index < -0.39 is 0 Å². The molecule has 2 aromatic rings. The van der Waals surface area contributed by atoms with Crippen molar-refractivity contribution in [3.63, 3.8) is 0 Å². The monoisotopic (exact) mass is 270 g/mol. The Morgan fingerprint density at radius 1 is 1.10 bits per heavy atom. The highest BCUT2D eigenvalue weighted by Crippen LogP contribution is 2.19. The third-order valence-corrected chi connectivity index (χ3v) is 2.88. The Hall–Kier alpha value is -1.87. The fourth-order valence-electron chi connectivity index (χ4n) is 1.83. The van der Waals surface area contributed by atoms with Crippen LogP contribution in [-0.4, -0.2) is 11.5 Å². The lowest BCUT2D eigenvalue weighted by Crippen LogP contribution is -2.19. The van der Waals surface area contributed by atoms with Crippen LogP contribution in [0.3, 0.4) is 0 Å². The van der Waals surface area contributed by atoms with Crippen molar-refractivity contribution < 1.29 is 4.74 Å². The van der Waals surface area contributed by atoms with Crippen molar-refractivity contribution in [2.75, 3.05) is 6.54 Å². The minimum Gasteiger partial charge on any atom is -0.439 e. The molecule has 1 aromatic heterocycles. The second kappa shape index (κ2) is 7.06. The lowest BCUT2D eigenvalue weighted by molar-refractivity contribution is 0.458. The predicted octanol–water partition coefficient (Wildman–Crippen LogP) is 3.93. The Kier molecular flexibility index (Phi) is 5.13. The van der Waals surface area contributed by atoms with E-state index in [4.69, 9.17) is 4.74 Å². The topological polar surface area (TPSA) is 34.1 Å². The number of nitrogens with one attached hydrogen (secondary N) is 1. The number of nitrogens with zero attached hydrogens (tertiary/aromatic N) is 1. The van der Waals surface area contributed by atoms with E-state index in [2.05, 4.69) is 31.1 Å². The van der Waals surface area contributed by atoms with Crippen LogP contribution in [0.1, 0.15) is 25.1 Å². The van der Waals surface area contributed by atoms with Crippen LogP contribution in [0.15, 0.2) is 42.5 Å². The molecule has 0 aliphatic heterocycles. The van der Waals surface area contributed by atoms with Crippen LogP contribution >= 0.6 is 0 Å². The fourth-order valence-corrected chi connectivity index (χ4v) is 1.83. The molecule has 3 nitrogen and oxygen atoms in total. The molecule has 20 heavy (non-hydrogen) atoms. The summed E-state index contributed by atoms with van der Waals surface area (Å²) >= 11 is 0. The van der Waals surface area contributed by atoms with Gasteiger partial charge < -0.3 is 10.1 Å². The first-order valence-corrected chi connectivity index (χ1v) is 7.04. The SMILES string of the molecule is Cc1ccc(Oc2cccc(CNCC(C)C)n2)cc1. The van der Waals surface area contributed by atoms with Crippen molar-refractivity contribution in [3.05, 3.63) is 53.7 Å². The van der Waals surface area contributed by atoms with Gasteiger partial charge in [0.1, 0.15) is 5.75 Å². The zero-order valence-corrected chi connectivity index (χ0v) is 12.4. The lowest BCUT2D eigenvalue weighted by atomic mass is 10.2. The van der Waals surface area contributed by atoms with Crippen molar-refractivity contribution in [1.82, 2.24) is 10.3 Å². The molecular formula is C17H22N2O. The molecule has 1 N–H and O–H groups in total. The number of hydrogen-bond acceptors (Lipinski definition) is 3. The van der Waals surface area contributed by atoms with Crippen molar-refractivity contribution >= 4 is 0 Å². The van der Waals surface area contributed by atoms with Crippen molar-refractivity contribution in [3.8, 4) is 11.6 Å². The van der Waals surface area contributed by atoms with E-state index in [1.54, 1.807) is 0 Å². The molecule has 0 atom stereocenters. The van der Waals surface area contributed by atoms with Gasteiger partial charge in [-0.3, -0.25) is 0 Å². The van der Waals surface area contributed by atoms with E-state index in [1.807, 2.05) is 42.5 Å². The van der Waals surface area contributed by atoms with Crippen LogP contribution in [0.2, 0.25) is 0 Å². The zero-order valence-electron chi connectivity index (χ0n) is 12.4. The van der Waals surface area contributed by atoms with Gasteiger partial charge in [-0.15, -0.1) is 0 Å².